The van der Waals surface area contributed by atoms with Gasteiger partial charge in [-0.25, -0.2) is 0 Å². The Morgan fingerprint density at radius 1 is 1.12 bits per heavy atom. The fourth-order valence-electron chi connectivity index (χ4n) is 2.60. The summed E-state index contributed by atoms with van der Waals surface area (Å²) in [4.78, 5) is 0. The molecule has 2 heterocycles. The van der Waals surface area contributed by atoms with Crippen molar-refractivity contribution in [1.29, 1.82) is 0 Å². The number of hydrogen-bond donors (Lipinski definition) is 0. The van der Waals surface area contributed by atoms with Crippen LogP contribution in [0, 0.1) is 0 Å². The predicted molar refractivity (Wildman–Crippen MR) is 105 cm³/mol. The molecular formula is C18H22ClN5OS. The van der Waals surface area contributed by atoms with E-state index < -0.39 is 0 Å². The Bertz CT molecular complexity index is 876. The second-order valence-corrected chi connectivity index (χ2v) is 6.92. The van der Waals surface area contributed by atoms with Crippen molar-refractivity contribution >= 4 is 23.4 Å². The highest BCUT2D eigenvalue weighted by atomic mass is 35.5. The standard InChI is InChI=1S/C18H22ClN5OS/c1-4-23-11-14(17(22-23)25-6-3)16-20-21-18(24(16)5-2)26-12-13-9-7-8-10-15(13)19/h7-11H,4-6,12H2,1-3H3. The topological polar surface area (TPSA) is 57.8 Å². The van der Waals surface area contributed by atoms with E-state index in [-0.39, 0.29) is 0 Å². The first-order valence-corrected chi connectivity index (χ1v) is 10.0. The fraction of sp³-hybridized carbons (Fsp3) is 0.389. The molecule has 0 aliphatic heterocycles. The molecule has 2 aromatic heterocycles. The Morgan fingerprint density at radius 3 is 2.62 bits per heavy atom. The zero-order valence-corrected chi connectivity index (χ0v) is 16.7. The maximum atomic E-state index is 6.26. The second-order valence-electron chi connectivity index (χ2n) is 5.57. The van der Waals surface area contributed by atoms with Gasteiger partial charge in [-0.05, 0) is 32.4 Å². The lowest BCUT2D eigenvalue weighted by Crippen LogP contribution is -2.01. The van der Waals surface area contributed by atoms with E-state index in [1.54, 1.807) is 11.8 Å². The molecule has 0 saturated carbocycles. The summed E-state index contributed by atoms with van der Waals surface area (Å²) in [6, 6.07) is 7.86. The van der Waals surface area contributed by atoms with Crippen LogP contribution >= 0.6 is 23.4 Å². The van der Waals surface area contributed by atoms with Crippen molar-refractivity contribution in [3.05, 3.63) is 41.0 Å². The predicted octanol–water partition coefficient (Wildman–Crippen LogP) is 4.53. The van der Waals surface area contributed by atoms with Gasteiger partial charge in [-0.1, -0.05) is 41.6 Å². The van der Waals surface area contributed by atoms with Crippen LogP contribution in [0.15, 0.2) is 35.6 Å². The van der Waals surface area contributed by atoms with Crippen molar-refractivity contribution in [2.24, 2.45) is 0 Å². The highest BCUT2D eigenvalue weighted by molar-refractivity contribution is 7.98. The van der Waals surface area contributed by atoms with Gasteiger partial charge in [-0.2, -0.15) is 0 Å². The van der Waals surface area contributed by atoms with Crippen LogP contribution in [0.3, 0.4) is 0 Å². The monoisotopic (exact) mass is 391 g/mol. The summed E-state index contributed by atoms with van der Waals surface area (Å²) in [5.74, 6) is 2.11. The quantitative estimate of drug-likeness (QED) is 0.528. The van der Waals surface area contributed by atoms with E-state index in [0.29, 0.717) is 12.5 Å². The minimum atomic E-state index is 0.558. The SMILES string of the molecule is CCOc1nn(CC)cc1-c1nnc(SCc2ccccc2Cl)n1CC. The first kappa shape index (κ1) is 18.8. The molecule has 0 radical (unpaired) electrons. The van der Waals surface area contributed by atoms with Crippen molar-refractivity contribution in [2.75, 3.05) is 6.61 Å². The van der Waals surface area contributed by atoms with Gasteiger partial charge in [0.25, 0.3) is 0 Å². The molecule has 8 heteroatoms. The van der Waals surface area contributed by atoms with Gasteiger partial charge in [-0.3, -0.25) is 4.68 Å². The van der Waals surface area contributed by atoms with Crippen molar-refractivity contribution in [1.82, 2.24) is 24.5 Å². The van der Waals surface area contributed by atoms with E-state index in [4.69, 9.17) is 16.3 Å². The highest BCUT2D eigenvalue weighted by Crippen LogP contribution is 2.32. The maximum absolute atomic E-state index is 6.26. The normalized spacial score (nSPS) is 11.1. The van der Waals surface area contributed by atoms with Crippen LogP contribution in [0.1, 0.15) is 26.3 Å². The molecule has 6 nitrogen and oxygen atoms in total. The molecule has 0 fully saturated rings. The van der Waals surface area contributed by atoms with Crippen molar-refractivity contribution in [2.45, 2.75) is 44.8 Å². The van der Waals surface area contributed by atoms with Crippen molar-refractivity contribution < 1.29 is 4.74 Å². The zero-order valence-electron chi connectivity index (χ0n) is 15.1. The molecular weight excluding hydrogens is 370 g/mol. The summed E-state index contributed by atoms with van der Waals surface area (Å²) in [7, 11) is 0. The molecule has 3 aromatic rings. The second kappa shape index (κ2) is 8.60. The number of nitrogens with zero attached hydrogens (tertiary/aromatic N) is 5. The number of thioether (sulfide) groups is 1. The van der Waals surface area contributed by atoms with Gasteiger partial charge in [-0.15, -0.1) is 15.3 Å². The molecule has 0 N–H and O–H groups in total. The highest BCUT2D eigenvalue weighted by Gasteiger charge is 2.20. The average molecular weight is 392 g/mol. The van der Waals surface area contributed by atoms with Gasteiger partial charge in [0.05, 0.1) is 6.61 Å². The minimum Gasteiger partial charge on any atom is -0.476 e. The van der Waals surface area contributed by atoms with Gasteiger partial charge in [0, 0.05) is 30.1 Å². The van der Waals surface area contributed by atoms with Crippen LogP contribution in [-0.2, 0) is 18.8 Å². The summed E-state index contributed by atoms with van der Waals surface area (Å²) >= 11 is 7.88. The molecule has 26 heavy (non-hydrogen) atoms. The van der Waals surface area contributed by atoms with E-state index in [0.717, 1.165) is 46.0 Å². The smallest absolute Gasteiger partial charge is 0.243 e. The molecule has 0 bridgehead atoms. The van der Waals surface area contributed by atoms with E-state index in [1.807, 2.05) is 49.0 Å². The van der Waals surface area contributed by atoms with E-state index >= 15 is 0 Å². The number of aryl methyl sites for hydroxylation is 1. The molecule has 0 aliphatic rings. The number of ether oxygens (including phenoxy) is 1. The van der Waals surface area contributed by atoms with Crippen molar-refractivity contribution in [3.63, 3.8) is 0 Å². The first-order chi connectivity index (χ1) is 12.7. The summed E-state index contributed by atoms with van der Waals surface area (Å²) in [6.07, 6.45) is 1.96. The Kier molecular flexibility index (Phi) is 6.21. The summed E-state index contributed by atoms with van der Waals surface area (Å²) < 4.78 is 9.63. The lowest BCUT2D eigenvalue weighted by Gasteiger charge is -2.08. The van der Waals surface area contributed by atoms with Crippen LogP contribution in [-0.4, -0.2) is 31.2 Å². The van der Waals surface area contributed by atoms with Crippen LogP contribution in [0.2, 0.25) is 5.02 Å². The molecule has 3 rings (SSSR count). The van der Waals surface area contributed by atoms with Gasteiger partial charge in [0.2, 0.25) is 5.88 Å². The lowest BCUT2D eigenvalue weighted by molar-refractivity contribution is 0.322. The number of hydrogen-bond acceptors (Lipinski definition) is 5. The molecule has 0 atom stereocenters. The Morgan fingerprint density at radius 2 is 1.92 bits per heavy atom. The number of benzene rings is 1. The van der Waals surface area contributed by atoms with Crippen LogP contribution in [0.4, 0.5) is 0 Å². The van der Waals surface area contributed by atoms with E-state index in [2.05, 4.69) is 26.8 Å². The van der Waals surface area contributed by atoms with Gasteiger partial charge in [0.1, 0.15) is 5.56 Å². The first-order valence-electron chi connectivity index (χ1n) is 8.67. The molecule has 0 aliphatic carbocycles. The maximum Gasteiger partial charge on any atom is 0.243 e. The third-order valence-electron chi connectivity index (χ3n) is 3.92. The number of rotatable bonds is 8. The van der Waals surface area contributed by atoms with E-state index in [1.165, 1.54) is 0 Å². The summed E-state index contributed by atoms with van der Waals surface area (Å²) in [6.45, 7) is 8.16. The summed E-state index contributed by atoms with van der Waals surface area (Å²) in [5, 5.41) is 14.9. The van der Waals surface area contributed by atoms with Crippen LogP contribution in [0.5, 0.6) is 5.88 Å². The van der Waals surface area contributed by atoms with Gasteiger partial charge >= 0.3 is 0 Å². The largest absolute Gasteiger partial charge is 0.476 e. The molecule has 0 unspecified atom stereocenters. The lowest BCUT2D eigenvalue weighted by atomic mass is 10.2. The Balaban J connectivity index is 1.89. The summed E-state index contributed by atoms with van der Waals surface area (Å²) in [5.41, 5.74) is 1.95. The van der Waals surface area contributed by atoms with Crippen LogP contribution < -0.4 is 4.74 Å². The molecule has 0 amide bonds. The fourth-order valence-corrected chi connectivity index (χ4v) is 3.89. The molecule has 138 valence electrons. The van der Waals surface area contributed by atoms with Crippen molar-refractivity contribution in [3.8, 4) is 17.3 Å². The van der Waals surface area contributed by atoms with Gasteiger partial charge < -0.3 is 9.30 Å². The Hall–Kier alpha value is -1.99. The van der Waals surface area contributed by atoms with E-state index in [9.17, 15) is 0 Å². The molecule has 0 spiro atoms. The Labute approximate surface area is 162 Å². The number of aromatic nitrogens is 5. The average Bonchev–Trinajstić information content (AvgIpc) is 3.24. The number of halogens is 1. The molecule has 0 saturated heterocycles. The van der Waals surface area contributed by atoms with Gasteiger partial charge in [0.15, 0.2) is 11.0 Å². The zero-order chi connectivity index (χ0) is 18.5. The third kappa shape index (κ3) is 3.88. The molecule has 1 aromatic carbocycles. The third-order valence-corrected chi connectivity index (χ3v) is 5.31. The van der Waals surface area contributed by atoms with Crippen LogP contribution in [0.25, 0.3) is 11.4 Å². The minimum absolute atomic E-state index is 0.558.